The third-order valence-corrected chi connectivity index (χ3v) is 8.67. The molecule has 1 heterocycles. The molecule has 1 aliphatic rings. The summed E-state index contributed by atoms with van der Waals surface area (Å²) >= 11 is 0. The molecule has 1 amide bonds. The summed E-state index contributed by atoms with van der Waals surface area (Å²) in [5.41, 5.74) is -3.51. The zero-order valence-electron chi connectivity index (χ0n) is 23.8. The standard InChI is InChI=1S/C30H31F6N3O4S/c1-20(44(41)42)22-5-3-21(4-6-22)19-27(40)37-24-9-7-23(8-10-24)28(29(31,32)33,30(34,35)36)39-17-15-38(16-18-39)25-11-13-26(43-2)14-12-25/h3-14,20,44H,15-19H2,1-2H3,(H,37,40). The fourth-order valence-corrected chi connectivity index (χ4v) is 5.76. The lowest BCUT2D eigenvalue weighted by molar-refractivity contribution is -0.349. The number of carbonyl (C=O) groups excluding carboxylic acids is 1. The third-order valence-electron chi connectivity index (χ3n) is 7.74. The maximum atomic E-state index is 14.6. The van der Waals surface area contributed by atoms with Gasteiger partial charge in [0.15, 0.2) is 0 Å². The van der Waals surface area contributed by atoms with Crippen LogP contribution in [0.3, 0.4) is 0 Å². The van der Waals surface area contributed by atoms with Gasteiger partial charge in [0.25, 0.3) is 0 Å². The van der Waals surface area contributed by atoms with Crippen LogP contribution in [0.5, 0.6) is 5.75 Å². The van der Waals surface area contributed by atoms with Crippen molar-refractivity contribution in [2.45, 2.75) is 36.5 Å². The number of thiol groups is 1. The quantitative estimate of drug-likeness (QED) is 0.231. The minimum Gasteiger partial charge on any atom is -0.497 e. The predicted octanol–water partition coefficient (Wildman–Crippen LogP) is 5.69. The monoisotopic (exact) mass is 643 g/mol. The van der Waals surface area contributed by atoms with Crippen LogP contribution in [0.1, 0.15) is 28.9 Å². The van der Waals surface area contributed by atoms with E-state index in [1.54, 1.807) is 53.4 Å². The molecule has 3 aromatic carbocycles. The van der Waals surface area contributed by atoms with Gasteiger partial charge in [0.05, 0.1) is 18.8 Å². The number of hydrogen-bond donors (Lipinski definition) is 2. The predicted molar refractivity (Wildman–Crippen MR) is 155 cm³/mol. The summed E-state index contributed by atoms with van der Waals surface area (Å²) in [6.45, 7) is 0.373. The van der Waals surface area contributed by atoms with Gasteiger partial charge in [-0.1, -0.05) is 36.4 Å². The minimum absolute atomic E-state index is 0.0231. The van der Waals surface area contributed by atoms with E-state index in [-0.39, 0.29) is 25.2 Å². The Labute approximate surface area is 252 Å². The van der Waals surface area contributed by atoms with Gasteiger partial charge in [0, 0.05) is 37.6 Å². The SMILES string of the molecule is COc1ccc(N2CCN(C(c3ccc(NC(=O)Cc4ccc(C(C)[SH](=O)=O)cc4)cc3)(C(F)(F)F)C(F)(F)F)CC2)cc1. The first kappa shape index (κ1) is 33.1. The van der Waals surface area contributed by atoms with Crippen molar-refractivity contribution in [3.63, 3.8) is 0 Å². The van der Waals surface area contributed by atoms with Crippen molar-refractivity contribution in [2.24, 2.45) is 0 Å². The first-order chi connectivity index (χ1) is 20.7. The van der Waals surface area contributed by atoms with Crippen molar-refractivity contribution < 1.29 is 44.3 Å². The summed E-state index contributed by atoms with van der Waals surface area (Å²) in [6.07, 6.45) is -11.6. The molecular weight excluding hydrogens is 612 g/mol. The summed E-state index contributed by atoms with van der Waals surface area (Å²) in [7, 11) is -1.19. The van der Waals surface area contributed by atoms with Gasteiger partial charge in [-0.05, 0) is 60.0 Å². The maximum Gasteiger partial charge on any atom is 0.420 e. The van der Waals surface area contributed by atoms with Crippen LogP contribution in [-0.2, 0) is 27.5 Å². The van der Waals surface area contributed by atoms with Gasteiger partial charge < -0.3 is 15.0 Å². The number of alkyl halides is 6. The summed E-state index contributed by atoms with van der Waals surface area (Å²) in [5, 5.41) is 1.78. The fourth-order valence-electron chi connectivity index (χ4n) is 5.34. The summed E-state index contributed by atoms with van der Waals surface area (Å²) < 4.78 is 115. The Morgan fingerprint density at radius 3 is 1.86 bits per heavy atom. The highest BCUT2D eigenvalue weighted by Crippen LogP contribution is 2.54. The lowest BCUT2D eigenvalue weighted by Gasteiger charge is -2.49. The average molecular weight is 644 g/mol. The molecule has 0 aliphatic carbocycles. The average Bonchev–Trinajstić information content (AvgIpc) is 2.97. The largest absolute Gasteiger partial charge is 0.497 e. The number of anilines is 2. The summed E-state index contributed by atoms with van der Waals surface area (Å²) in [5.74, 6) is 0.0155. The molecule has 1 saturated heterocycles. The Morgan fingerprint density at radius 2 is 1.39 bits per heavy atom. The fraction of sp³-hybridized carbons (Fsp3) is 0.367. The number of benzene rings is 3. The molecule has 1 atom stereocenters. The van der Waals surface area contributed by atoms with E-state index in [1.807, 2.05) is 0 Å². The highest BCUT2D eigenvalue weighted by atomic mass is 32.2. The molecule has 3 aromatic rings. The molecule has 0 bridgehead atoms. The lowest BCUT2D eigenvalue weighted by atomic mass is 9.85. The van der Waals surface area contributed by atoms with Crippen molar-refractivity contribution in [1.29, 1.82) is 0 Å². The Morgan fingerprint density at radius 1 is 0.841 bits per heavy atom. The first-order valence-electron chi connectivity index (χ1n) is 13.6. The van der Waals surface area contributed by atoms with Crippen LogP contribution in [-0.4, -0.2) is 64.9 Å². The Kier molecular flexibility index (Phi) is 9.83. The normalized spacial score (nSPS) is 15.7. The molecule has 4 rings (SSSR count). The van der Waals surface area contributed by atoms with E-state index in [9.17, 15) is 39.6 Å². The smallest absolute Gasteiger partial charge is 0.420 e. The number of methoxy groups -OCH3 is 1. The summed E-state index contributed by atoms with van der Waals surface area (Å²) in [4.78, 5) is 14.7. The van der Waals surface area contributed by atoms with Crippen molar-refractivity contribution in [3.8, 4) is 5.75 Å². The van der Waals surface area contributed by atoms with E-state index in [2.05, 4.69) is 5.32 Å². The van der Waals surface area contributed by atoms with Crippen LogP contribution in [0.2, 0.25) is 0 Å². The van der Waals surface area contributed by atoms with Crippen LogP contribution in [0.15, 0.2) is 72.8 Å². The highest BCUT2D eigenvalue weighted by molar-refractivity contribution is 7.72. The van der Waals surface area contributed by atoms with Crippen LogP contribution in [0, 0.1) is 0 Å². The molecule has 1 fully saturated rings. The van der Waals surface area contributed by atoms with Gasteiger partial charge >= 0.3 is 12.4 Å². The second kappa shape index (κ2) is 13.1. The van der Waals surface area contributed by atoms with Crippen LogP contribution >= 0.6 is 0 Å². The molecule has 1 unspecified atom stereocenters. The maximum absolute atomic E-state index is 14.6. The van der Waals surface area contributed by atoms with Gasteiger partial charge in [0.2, 0.25) is 11.4 Å². The number of rotatable bonds is 9. The van der Waals surface area contributed by atoms with E-state index in [4.69, 9.17) is 4.74 Å². The van der Waals surface area contributed by atoms with Crippen molar-refractivity contribution in [3.05, 3.63) is 89.5 Å². The minimum atomic E-state index is -5.71. The van der Waals surface area contributed by atoms with E-state index >= 15 is 0 Å². The molecule has 0 spiro atoms. The number of nitrogens with one attached hydrogen (secondary N) is 1. The number of nitrogens with zero attached hydrogens (tertiary/aromatic N) is 2. The van der Waals surface area contributed by atoms with Gasteiger partial charge in [-0.3, -0.25) is 9.69 Å². The van der Waals surface area contributed by atoms with Crippen LogP contribution in [0.4, 0.5) is 37.7 Å². The number of halogens is 6. The Bertz CT molecular complexity index is 1480. The second-order valence-electron chi connectivity index (χ2n) is 10.4. The number of piperazine rings is 1. The van der Waals surface area contributed by atoms with E-state index in [0.29, 0.717) is 27.5 Å². The molecule has 0 radical (unpaired) electrons. The van der Waals surface area contributed by atoms with Crippen LogP contribution < -0.4 is 15.0 Å². The number of carbonyl (C=O) groups is 1. The molecule has 238 valence electrons. The van der Waals surface area contributed by atoms with Crippen molar-refractivity contribution >= 4 is 28.0 Å². The molecule has 7 nitrogen and oxygen atoms in total. The topological polar surface area (TPSA) is 79.0 Å². The number of amides is 1. The second-order valence-corrected chi connectivity index (χ2v) is 11.7. The Balaban J connectivity index is 1.52. The van der Waals surface area contributed by atoms with E-state index in [0.717, 1.165) is 24.3 Å². The van der Waals surface area contributed by atoms with E-state index < -0.39 is 58.4 Å². The zero-order chi connectivity index (χ0) is 32.3. The molecule has 44 heavy (non-hydrogen) atoms. The van der Waals surface area contributed by atoms with Crippen molar-refractivity contribution in [1.82, 2.24) is 4.90 Å². The molecule has 1 aliphatic heterocycles. The first-order valence-corrected chi connectivity index (χ1v) is 14.8. The highest BCUT2D eigenvalue weighted by Gasteiger charge is 2.74. The van der Waals surface area contributed by atoms with Crippen LogP contribution in [0.25, 0.3) is 0 Å². The molecule has 0 aromatic heterocycles. The number of hydrogen-bond acceptors (Lipinski definition) is 6. The van der Waals surface area contributed by atoms with E-state index in [1.165, 1.54) is 14.0 Å². The van der Waals surface area contributed by atoms with Gasteiger partial charge in [0.1, 0.15) is 16.5 Å². The van der Waals surface area contributed by atoms with Gasteiger partial charge in [-0.15, -0.1) is 0 Å². The van der Waals surface area contributed by atoms with Gasteiger partial charge in [-0.25, -0.2) is 8.42 Å². The third kappa shape index (κ3) is 6.80. The zero-order valence-corrected chi connectivity index (χ0v) is 24.7. The van der Waals surface area contributed by atoms with Gasteiger partial charge in [-0.2, -0.15) is 26.3 Å². The molecule has 1 N–H and O–H groups in total. The molecular formula is C30H31F6N3O4S. The number of ether oxygens (including phenoxy) is 1. The van der Waals surface area contributed by atoms with Crippen molar-refractivity contribution in [2.75, 3.05) is 43.5 Å². The lowest BCUT2D eigenvalue weighted by Crippen LogP contribution is -2.68. The molecule has 14 heteroatoms. The summed E-state index contributed by atoms with van der Waals surface area (Å²) in [6, 6.07) is 16.5. The Hall–Kier alpha value is -3.78. The molecule has 0 saturated carbocycles.